The fourth-order valence-corrected chi connectivity index (χ4v) is 5.02. The molecule has 0 radical (unpaired) electrons. The molecule has 2 N–H and O–H groups in total. The molecule has 0 spiro atoms. The summed E-state index contributed by atoms with van der Waals surface area (Å²) in [4.78, 5) is 0. The second-order valence-electron chi connectivity index (χ2n) is 9.86. The van der Waals surface area contributed by atoms with Gasteiger partial charge in [0.15, 0.2) is 6.29 Å². The molecular formula is C24H44NO6P. The molecule has 0 fully saturated rings. The highest BCUT2D eigenvalue weighted by Gasteiger charge is 2.38. The predicted molar refractivity (Wildman–Crippen MR) is 130 cm³/mol. The van der Waals surface area contributed by atoms with Gasteiger partial charge >= 0.3 is 7.60 Å². The van der Waals surface area contributed by atoms with Crippen LogP contribution >= 0.6 is 7.60 Å². The third-order valence-electron chi connectivity index (χ3n) is 5.31. The Morgan fingerprint density at radius 3 is 1.72 bits per heavy atom. The summed E-state index contributed by atoms with van der Waals surface area (Å²) in [5, 5.41) is 14.4. The van der Waals surface area contributed by atoms with Gasteiger partial charge in [-0.15, -0.1) is 0 Å². The van der Waals surface area contributed by atoms with Gasteiger partial charge in [-0.1, -0.05) is 41.5 Å². The van der Waals surface area contributed by atoms with Gasteiger partial charge in [0.1, 0.15) is 11.5 Å². The molecular weight excluding hydrogens is 429 g/mol. The Bertz CT molecular complexity index is 720. The molecule has 1 rings (SSSR count). The number of rotatable bonds is 12. The minimum Gasteiger partial charge on any atom is -0.507 e. The topological polar surface area (TPSA) is 86.2 Å². The van der Waals surface area contributed by atoms with E-state index in [9.17, 15) is 9.67 Å². The van der Waals surface area contributed by atoms with Crippen molar-refractivity contribution in [3.8, 4) is 5.75 Å². The quantitative estimate of drug-likeness (QED) is 0.291. The van der Waals surface area contributed by atoms with Crippen molar-refractivity contribution in [2.45, 2.75) is 84.7 Å². The molecule has 0 bridgehead atoms. The molecule has 0 aliphatic carbocycles. The number of hydrogen-bond donors (Lipinski definition) is 2. The molecule has 186 valence electrons. The lowest BCUT2D eigenvalue weighted by molar-refractivity contribution is -0.138. The van der Waals surface area contributed by atoms with Crippen molar-refractivity contribution in [1.82, 2.24) is 5.32 Å². The van der Waals surface area contributed by atoms with Crippen molar-refractivity contribution in [3.63, 3.8) is 0 Å². The standard InChI is InChI=1S/C24H44NO6P/c1-11-30-20(31-12-2)13-14-25-22(32(27,28-9)29-10)17-15-18(23(3,4)5)21(26)19(16-17)24(6,7)8/h15-16,20,22,25-26H,11-14H2,1-10H3. The van der Waals surface area contributed by atoms with Crippen molar-refractivity contribution in [1.29, 1.82) is 0 Å². The Labute approximate surface area is 194 Å². The van der Waals surface area contributed by atoms with E-state index >= 15 is 0 Å². The average Bonchev–Trinajstić information content (AvgIpc) is 2.69. The smallest absolute Gasteiger partial charge is 0.351 e. The number of nitrogens with one attached hydrogen (secondary N) is 1. The summed E-state index contributed by atoms with van der Waals surface area (Å²) < 4.78 is 35.6. The highest BCUT2D eigenvalue weighted by Crippen LogP contribution is 2.59. The van der Waals surface area contributed by atoms with Crippen molar-refractivity contribution in [2.75, 3.05) is 34.0 Å². The van der Waals surface area contributed by atoms with E-state index in [2.05, 4.69) is 5.32 Å². The molecule has 1 aromatic rings. The first kappa shape index (κ1) is 29.1. The van der Waals surface area contributed by atoms with E-state index in [1.165, 1.54) is 14.2 Å². The van der Waals surface area contributed by atoms with Crippen molar-refractivity contribution >= 4 is 7.60 Å². The van der Waals surface area contributed by atoms with E-state index < -0.39 is 13.4 Å². The first-order chi connectivity index (χ1) is 14.7. The lowest BCUT2D eigenvalue weighted by Gasteiger charge is -2.32. The van der Waals surface area contributed by atoms with Gasteiger partial charge in [-0.05, 0) is 53.5 Å². The maximum Gasteiger partial charge on any atom is 0.351 e. The Kier molecular flexibility index (Phi) is 10.9. The van der Waals surface area contributed by atoms with Crippen LogP contribution < -0.4 is 5.32 Å². The molecule has 1 atom stereocenters. The molecule has 0 saturated carbocycles. The van der Waals surface area contributed by atoms with E-state index in [0.717, 1.165) is 16.7 Å². The normalized spacial score (nSPS) is 14.2. The molecule has 0 aromatic heterocycles. The van der Waals surface area contributed by atoms with E-state index in [1.54, 1.807) is 0 Å². The van der Waals surface area contributed by atoms with Crippen molar-refractivity contribution in [3.05, 3.63) is 28.8 Å². The van der Waals surface area contributed by atoms with Gasteiger partial charge in [-0.3, -0.25) is 9.88 Å². The second-order valence-corrected chi connectivity index (χ2v) is 12.2. The number of phenolic OH excluding ortho intramolecular Hbond substituents is 1. The molecule has 1 unspecified atom stereocenters. The Balaban J connectivity index is 3.49. The summed E-state index contributed by atoms with van der Waals surface area (Å²) >= 11 is 0. The zero-order valence-electron chi connectivity index (χ0n) is 21.6. The second kappa shape index (κ2) is 12.0. The van der Waals surface area contributed by atoms with Crippen LogP contribution in [-0.4, -0.2) is 45.4 Å². The van der Waals surface area contributed by atoms with E-state index in [1.807, 2.05) is 67.5 Å². The molecule has 0 aliphatic heterocycles. The van der Waals surface area contributed by atoms with Gasteiger partial charge in [-0.25, -0.2) is 0 Å². The first-order valence-corrected chi connectivity index (χ1v) is 12.9. The third kappa shape index (κ3) is 7.54. The maximum absolute atomic E-state index is 13.6. The monoisotopic (exact) mass is 473 g/mol. The van der Waals surface area contributed by atoms with Crippen LogP contribution in [0.5, 0.6) is 5.75 Å². The Morgan fingerprint density at radius 2 is 1.38 bits per heavy atom. The molecule has 8 heteroatoms. The summed E-state index contributed by atoms with van der Waals surface area (Å²) in [5.74, 6) is -0.450. The van der Waals surface area contributed by atoms with E-state index in [4.69, 9.17) is 18.5 Å². The Morgan fingerprint density at radius 1 is 0.938 bits per heavy atom. The summed E-state index contributed by atoms with van der Waals surface area (Å²) in [6.07, 6.45) is 0.222. The molecule has 7 nitrogen and oxygen atoms in total. The van der Waals surface area contributed by atoms with Gasteiger partial charge in [0.05, 0.1) is 0 Å². The van der Waals surface area contributed by atoms with Crippen molar-refractivity contribution in [2.24, 2.45) is 0 Å². The summed E-state index contributed by atoms with van der Waals surface area (Å²) in [6.45, 7) is 17.7. The summed E-state index contributed by atoms with van der Waals surface area (Å²) in [5.41, 5.74) is 1.68. The Hall–Kier alpha value is -0.950. The van der Waals surface area contributed by atoms with Gasteiger partial charge in [0, 0.05) is 40.4 Å². The zero-order chi connectivity index (χ0) is 24.7. The van der Waals surface area contributed by atoms with Crippen LogP contribution in [0, 0.1) is 0 Å². The molecule has 0 aliphatic rings. The van der Waals surface area contributed by atoms with Gasteiger partial charge in [-0.2, -0.15) is 0 Å². The van der Waals surface area contributed by atoms with Gasteiger partial charge in [0.25, 0.3) is 0 Å². The maximum atomic E-state index is 13.6. The molecule has 1 aromatic carbocycles. The highest BCUT2D eigenvalue weighted by atomic mass is 31.2. The fourth-order valence-electron chi connectivity index (χ4n) is 3.58. The lowest BCUT2D eigenvalue weighted by atomic mass is 9.78. The molecule has 0 heterocycles. The number of aromatic hydroxyl groups is 1. The fraction of sp³-hybridized carbons (Fsp3) is 0.750. The van der Waals surface area contributed by atoms with Crippen LogP contribution in [0.15, 0.2) is 12.1 Å². The molecule has 0 saturated heterocycles. The highest BCUT2D eigenvalue weighted by molar-refractivity contribution is 7.54. The lowest BCUT2D eigenvalue weighted by Crippen LogP contribution is -2.29. The zero-order valence-corrected chi connectivity index (χ0v) is 22.5. The van der Waals surface area contributed by atoms with Crippen LogP contribution in [0.3, 0.4) is 0 Å². The minimum absolute atomic E-state index is 0.268. The van der Waals surface area contributed by atoms with Crippen LogP contribution in [0.4, 0.5) is 0 Å². The first-order valence-electron chi connectivity index (χ1n) is 11.3. The number of ether oxygens (including phenoxy) is 2. The SMILES string of the molecule is CCOC(CCNC(c1cc(C(C)(C)C)c(O)c(C(C)(C)C)c1)P(=O)(OC)OC)OCC. The summed E-state index contributed by atoms with van der Waals surface area (Å²) in [6, 6.07) is 3.80. The van der Waals surface area contributed by atoms with Crippen LogP contribution in [0.25, 0.3) is 0 Å². The molecule has 0 amide bonds. The third-order valence-corrected chi connectivity index (χ3v) is 7.44. The predicted octanol–water partition coefficient (Wildman–Crippen LogP) is 5.85. The average molecular weight is 474 g/mol. The largest absolute Gasteiger partial charge is 0.507 e. The van der Waals surface area contributed by atoms with E-state index in [0.29, 0.717) is 26.2 Å². The number of hydrogen-bond acceptors (Lipinski definition) is 7. The van der Waals surface area contributed by atoms with Crippen molar-refractivity contribution < 1.29 is 28.2 Å². The number of benzene rings is 1. The minimum atomic E-state index is -3.54. The van der Waals surface area contributed by atoms with Gasteiger partial charge < -0.3 is 23.6 Å². The van der Waals surface area contributed by atoms with Crippen LogP contribution in [-0.2, 0) is 33.9 Å². The number of phenols is 1. The van der Waals surface area contributed by atoms with Crippen LogP contribution in [0.2, 0.25) is 0 Å². The van der Waals surface area contributed by atoms with E-state index in [-0.39, 0.29) is 22.9 Å². The summed E-state index contributed by atoms with van der Waals surface area (Å²) in [7, 11) is -0.764. The van der Waals surface area contributed by atoms with Crippen LogP contribution in [0.1, 0.15) is 84.3 Å². The van der Waals surface area contributed by atoms with Gasteiger partial charge in [0.2, 0.25) is 0 Å². The molecule has 32 heavy (non-hydrogen) atoms.